The Morgan fingerprint density at radius 3 is 2.26 bits per heavy atom. The summed E-state index contributed by atoms with van der Waals surface area (Å²) < 4.78 is 11.6. The van der Waals surface area contributed by atoms with E-state index in [0.717, 1.165) is 6.42 Å². The van der Waals surface area contributed by atoms with E-state index in [4.69, 9.17) is 21.1 Å². The smallest absolute Gasteiger partial charge is 0.311 e. The van der Waals surface area contributed by atoms with Crippen molar-refractivity contribution in [1.82, 2.24) is 0 Å². The Bertz CT molecular complexity index is 1020. The number of ketones is 1. The number of phenolic OH excluding ortho intramolecular Hbond substituents is 1. The van der Waals surface area contributed by atoms with Crippen LogP contribution in [0.3, 0.4) is 0 Å². The minimum Gasteiger partial charge on any atom is -0.507 e. The first-order chi connectivity index (χ1) is 16.0. The molecule has 1 atom stereocenters. The SMILES string of the molecule is CCCc1c(OCCCOc2ccc(CC(O)C(C)(C)C(=O)O)cc2Cl)ccc(C(C)=O)c1O. The Morgan fingerprint density at radius 2 is 1.71 bits per heavy atom. The second-order valence-corrected chi connectivity index (χ2v) is 9.21. The molecule has 0 aliphatic rings. The highest BCUT2D eigenvalue weighted by Crippen LogP contribution is 2.33. The Labute approximate surface area is 205 Å². The van der Waals surface area contributed by atoms with E-state index in [1.54, 1.807) is 30.3 Å². The number of carboxylic acid groups (broad SMARTS) is 1. The van der Waals surface area contributed by atoms with Gasteiger partial charge in [0.05, 0.1) is 35.3 Å². The van der Waals surface area contributed by atoms with Crippen molar-refractivity contribution >= 4 is 23.4 Å². The number of aliphatic hydroxyl groups is 1. The summed E-state index contributed by atoms with van der Waals surface area (Å²) in [7, 11) is 0. The number of aromatic hydroxyl groups is 1. The molecule has 0 bridgehead atoms. The molecule has 186 valence electrons. The van der Waals surface area contributed by atoms with Gasteiger partial charge in [-0.3, -0.25) is 9.59 Å². The molecule has 1 unspecified atom stereocenters. The van der Waals surface area contributed by atoms with Gasteiger partial charge in [-0.15, -0.1) is 0 Å². The quantitative estimate of drug-likeness (QED) is 0.264. The zero-order valence-electron chi connectivity index (χ0n) is 20.1. The standard InChI is InChI=1S/C26H33ClO7/c1-5-7-19-21(11-9-18(16(2)28)24(19)30)33-12-6-13-34-22-10-8-17(14-20(22)27)15-23(29)26(3,4)25(31)32/h8-11,14,23,29-30H,5-7,12-13,15H2,1-4H3,(H,31,32). The van der Waals surface area contributed by atoms with Gasteiger partial charge in [0.2, 0.25) is 0 Å². The van der Waals surface area contributed by atoms with E-state index < -0.39 is 17.5 Å². The molecule has 0 aliphatic heterocycles. The third-order valence-corrected chi connectivity index (χ3v) is 6.03. The van der Waals surface area contributed by atoms with E-state index in [0.29, 0.717) is 53.7 Å². The molecule has 8 heteroatoms. The third-order valence-electron chi connectivity index (χ3n) is 5.73. The number of carboxylic acids is 1. The number of carbonyl (C=O) groups is 2. The lowest BCUT2D eigenvalue weighted by atomic mass is 9.83. The van der Waals surface area contributed by atoms with Crippen LogP contribution < -0.4 is 9.47 Å². The van der Waals surface area contributed by atoms with Crippen molar-refractivity contribution in [1.29, 1.82) is 0 Å². The lowest BCUT2D eigenvalue weighted by Crippen LogP contribution is -2.38. The highest BCUT2D eigenvalue weighted by Gasteiger charge is 2.35. The first-order valence-electron chi connectivity index (χ1n) is 11.3. The third kappa shape index (κ3) is 6.87. The van der Waals surface area contributed by atoms with E-state index >= 15 is 0 Å². The lowest BCUT2D eigenvalue weighted by Gasteiger charge is -2.26. The molecule has 2 aromatic carbocycles. The van der Waals surface area contributed by atoms with E-state index in [-0.39, 0.29) is 23.5 Å². The number of aliphatic carboxylic acids is 1. The molecule has 0 radical (unpaired) electrons. The van der Waals surface area contributed by atoms with Gasteiger partial charge in [-0.1, -0.05) is 31.0 Å². The lowest BCUT2D eigenvalue weighted by molar-refractivity contribution is -0.153. The average Bonchev–Trinajstić information content (AvgIpc) is 2.76. The average molecular weight is 493 g/mol. The fourth-order valence-corrected chi connectivity index (χ4v) is 3.62. The Hall–Kier alpha value is -2.77. The normalized spacial score (nSPS) is 12.3. The highest BCUT2D eigenvalue weighted by atomic mass is 35.5. The largest absolute Gasteiger partial charge is 0.507 e. The van der Waals surface area contributed by atoms with Crippen molar-refractivity contribution in [2.75, 3.05) is 13.2 Å². The number of aliphatic hydroxyl groups excluding tert-OH is 1. The number of phenols is 1. The summed E-state index contributed by atoms with van der Waals surface area (Å²) in [4.78, 5) is 23.0. The molecule has 0 saturated heterocycles. The number of rotatable bonds is 13. The number of carbonyl (C=O) groups excluding carboxylic acids is 1. The van der Waals surface area contributed by atoms with Crippen LogP contribution in [-0.4, -0.2) is 46.4 Å². The summed E-state index contributed by atoms with van der Waals surface area (Å²) in [5.74, 6) is -0.258. The fourth-order valence-electron chi connectivity index (χ4n) is 3.36. The summed E-state index contributed by atoms with van der Waals surface area (Å²) in [6.45, 7) is 7.05. The molecule has 0 aliphatic carbocycles. The van der Waals surface area contributed by atoms with Gasteiger partial charge in [0.1, 0.15) is 17.2 Å². The summed E-state index contributed by atoms with van der Waals surface area (Å²) in [5, 5.41) is 30.3. The first kappa shape index (κ1) is 27.5. The minimum absolute atomic E-state index is 0.0215. The zero-order valence-corrected chi connectivity index (χ0v) is 20.8. The zero-order chi connectivity index (χ0) is 25.5. The predicted octanol–water partition coefficient (Wildman–Crippen LogP) is 5.06. The molecule has 0 spiro atoms. The minimum atomic E-state index is -1.28. The summed E-state index contributed by atoms with van der Waals surface area (Å²) in [6, 6.07) is 8.37. The predicted molar refractivity (Wildman–Crippen MR) is 130 cm³/mol. The van der Waals surface area contributed by atoms with Crippen molar-refractivity contribution in [2.45, 2.75) is 59.5 Å². The van der Waals surface area contributed by atoms with Crippen molar-refractivity contribution in [3.05, 3.63) is 52.0 Å². The maximum atomic E-state index is 11.7. The molecule has 2 rings (SSSR count). The molecular weight excluding hydrogens is 460 g/mol. The van der Waals surface area contributed by atoms with Gasteiger partial charge >= 0.3 is 5.97 Å². The van der Waals surface area contributed by atoms with Crippen LogP contribution in [0.4, 0.5) is 0 Å². The molecule has 2 aromatic rings. The monoisotopic (exact) mass is 492 g/mol. The molecule has 34 heavy (non-hydrogen) atoms. The number of benzene rings is 2. The first-order valence-corrected chi connectivity index (χ1v) is 11.7. The van der Waals surface area contributed by atoms with Crippen LogP contribution in [0.1, 0.15) is 62.0 Å². The molecule has 0 fully saturated rings. The molecule has 0 heterocycles. The maximum Gasteiger partial charge on any atom is 0.311 e. The molecular formula is C26H33ClO7. The highest BCUT2D eigenvalue weighted by molar-refractivity contribution is 6.32. The second-order valence-electron chi connectivity index (χ2n) is 8.81. The van der Waals surface area contributed by atoms with Crippen molar-refractivity contribution in [2.24, 2.45) is 5.41 Å². The summed E-state index contributed by atoms with van der Waals surface area (Å²) in [6.07, 6.45) is 1.05. The van der Waals surface area contributed by atoms with Gasteiger partial charge < -0.3 is 24.8 Å². The topological polar surface area (TPSA) is 113 Å². The van der Waals surface area contributed by atoms with Crippen molar-refractivity contribution < 1.29 is 34.4 Å². The maximum absolute atomic E-state index is 11.7. The van der Waals surface area contributed by atoms with Crippen LogP contribution >= 0.6 is 11.6 Å². The van der Waals surface area contributed by atoms with Gasteiger partial charge in [-0.25, -0.2) is 0 Å². The van der Waals surface area contributed by atoms with Crippen LogP contribution in [0, 0.1) is 5.41 Å². The van der Waals surface area contributed by atoms with Gasteiger partial charge in [0.25, 0.3) is 0 Å². The van der Waals surface area contributed by atoms with E-state index in [2.05, 4.69) is 0 Å². The van der Waals surface area contributed by atoms with Crippen LogP contribution in [0.25, 0.3) is 0 Å². The van der Waals surface area contributed by atoms with Crippen LogP contribution in [0.2, 0.25) is 5.02 Å². The van der Waals surface area contributed by atoms with E-state index in [9.17, 15) is 24.9 Å². The summed E-state index contributed by atoms with van der Waals surface area (Å²) >= 11 is 6.30. The van der Waals surface area contributed by atoms with Gasteiger partial charge in [0.15, 0.2) is 5.78 Å². The number of halogens is 1. The van der Waals surface area contributed by atoms with Crippen LogP contribution in [-0.2, 0) is 17.6 Å². The number of ether oxygens (including phenoxy) is 2. The van der Waals surface area contributed by atoms with Crippen LogP contribution in [0.5, 0.6) is 17.2 Å². The summed E-state index contributed by atoms with van der Waals surface area (Å²) in [5.41, 5.74) is 0.348. The molecule has 3 N–H and O–H groups in total. The second kappa shape index (κ2) is 12.1. The van der Waals surface area contributed by atoms with E-state index in [1.165, 1.54) is 20.8 Å². The molecule has 7 nitrogen and oxygen atoms in total. The Kier molecular flexibility index (Phi) is 9.77. The van der Waals surface area contributed by atoms with Crippen LogP contribution in [0.15, 0.2) is 30.3 Å². The molecule has 0 saturated carbocycles. The Balaban J connectivity index is 1.91. The van der Waals surface area contributed by atoms with Crippen molar-refractivity contribution in [3.63, 3.8) is 0 Å². The Morgan fingerprint density at radius 1 is 1.09 bits per heavy atom. The number of hydrogen-bond acceptors (Lipinski definition) is 6. The molecule has 0 amide bonds. The van der Waals surface area contributed by atoms with Gasteiger partial charge in [-0.05, 0) is 63.4 Å². The number of Topliss-reactive ketones (excluding diaryl/α,β-unsaturated/α-hetero) is 1. The fraction of sp³-hybridized carbons (Fsp3) is 0.462. The van der Waals surface area contributed by atoms with Gasteiger partial charge in [0, 0.05) is 12.0 Å². The number of hydrogen-bond donors (Lipinski definition) is 3. The molecule has 0 aromatic heterocycles. The van der Waals surface area contributed by atoms with E-state index in [1.807, 2.05) is 6.92 Å². The van der Waals surface area contributed by atoms with Crippen molar-refractivity contribution in [3.8, 4) is 17.2 Å². The van der Waals surface area contributed by atoms with Gasteiger partial charge in [-0.2, -0.15) is 0 Å².